The molecule has 4 rings (SSSR count). The second-order valence-corrected chi connectivity index (χ2v) is 9.39. The molecule has 0 unspecified atom stereocenters. The Kier molecular flexibility index (Phi) is 5.58. The van der Waals surface area contributed by atoms with Crippen molar-refractivity contribution in [3.8, 4) is 22.6 Å². The fourth-order valence-electron chi connectivity index (χ4n) is 3.62. The van der Waals surface area contributed by atoms with E-state index < -0.39 is 0 Å². The van der Waals surface area contributed by atoms with Crippen molar-refractivity contribution in [1.82, 2.24) is 9.97 Å². The Bertz CT molecular complexity index is 1280. The van der Waals surface area contributed by atoms with Gasteiger partial charge in [0.1, 0.15) is 10.7 Å². The van der Waals surface area contributed by atoms with Gasteiger partial charge < -0.3 is 14.5 Å². The van der Waals surface area contributed by atoms with E-state index in [2.05, 4.69) is 50.0 Å². The van der Waals surface area contributed by atoms with E-state index in [4.69, 9.17) is 14.5 Å². The third-order valence-corrected chi connectivity index (χ3v) is 6.25. The molecule has 0 amide bonds. The van der Waals surface area contributed by atoms with Gasteiger partial charge >= 0.3 is 0 Å². The van der Waals surface area contributed by atoms with Gasteiger partial charge in [-0.15, -0.1) is 11.3 Å². The van der Waals surface area contributed by atoms with Crippen LogP contribution in [0.15, 0.2) is 52.6 Å². The molecule has 2 heterocycles. The molecule has 0 radical (unpaired) electrons. The number of rotatable bonds is 5. The zero-order valence-electron chi connectivity index (χ0n) is 18.4. The molecule has 6 heteroatoms. The van der Waals surface area contributed by atoms with Crippen molar-refractivity contribution in [2.45, 2.75) is 32.6 Å². The highest BCUT2D eigenvalue weighted by atomic mass is 32.1. The molecule has 4 aromatic rings. The third kappa shape index (κ3) is 4.21. The lowest BCUT2D eigenvalue weighted by atomic mass is 9.86. The summed E-state index contributed by atoms with van der Waals surface area (Å²) in [7, 11) is 3.21. The van der Waals surface area contributed by atoms with Gasteiger partial charge in [-0.2, -0.15) is 0 Å². The molecule has 160 valence electrons. The van der Waals surface area contributed by atoms with Crippen LogP contribution in [0.25, 0.3) is 21.3 Å². The van der Waals surface area contributed by atoms with Crippen LogP contribution < -0.4 is 15.0 Å². The first-order valence-electron chi connectivity index (χ1n) is 10.1. The topological polar surface area (TPSA) is 64.2 Å². The Balaban J connectivity index is 1.68. The van der Waals surface area contributed by atoms with E-state index in [0.29, 0.717) is 29.1 Å². The number of ether oxygens (including phenoxy) is 2. The molecule has 1 N–H and O–H groups in total. The minimum absolute atomic E-state index is 0.0906. The predicted octanol–water partition coefficient (Wildman–Crippen LogP) is 5.56. The van der Waals surface area contributed by atoms with Crippen LogP contribution in [0.3, 0.4) is 0 Å². The third-order valence-electron chi connectivity index (χ3n) is 5.37. The van der Waals surface area contributed by atoms with E-state index >= 15 is 0 Å². The van der Waals surface area contributed by atoms with E-state index in [1.54, 1.807) is 14.2 Å². The van der Waals surface area contributed by atoms with Crippen molar-refractivity contribution in [2.24, 2.45) is 0 Å². The molecule has 2 aromatic carbocycles. The number of nitrogens with one attached hydrogen (secondary N) is 1. The van der Waals surface area contributed by atoms with Crippen molar-refractivity contribution in [3.63, 3.8) is 0 Å². The molecular weight excluding hydrogens is 408 g/mol. The summed E-state index contributed by atoms with van der Waals surface area (Å²) in [5, 5.41) is 2.66. The number of aromatic amines is 1. The van der Waals surface area contributed by atoms with Gasteiger partial charge in [0.15, 0.2) is 11.5 Å². The van der Waals surface area contributed by atoms with Crippen molar-refractivity contribution in [2.75, 3.05) is 14.2 Å². The lowest BCUT2D eigenvalue weighted by Crippen LogP contribution is -2.12. The molecule has 0 bridgehead atoms. The number of benzene rings is 2. The van der Waals surface area contributed by atoms with Crippen LogP contribution in [0.2, 0.25) is 0 Å². The standard InChI is InChI=1S/C25H26N2O3S/c1-25(2,3)17-9-7-16(8-10-17)18-14-31-24-22(18)23(28)26-21(27-24)13-15-6-11-19(29-4)20(12-15)30-5/h6-12,14H,13H2,1-5H3,(H,26,27,28). The fourth-order valence-corrected chi connectivity index (χ4v) is 4.59. The molecule has 0 saturated carbocycles. The van der Waals surface area contributed by atoms with E-state index in [1.807, 2.05) is 23.6 Å². The van der Waals surface area contributed by atoms with Gasteiger partial charge in [0.2, 0.25) is 0 Å². The smallest absolute Gasteiger partial charge is 0.260 e. The largest absolute Gasteiger partial charge is 0.493 e. The molecule has 0 spiro atoms. The van der Waals surface area contributed by atoms with Gasteiger partial charge in [0.05, 0.1) is 19.6 Å². The van der Waals surface area contributed by atoms with E-state index in [0.717, 1.165) is 21.5 Å². The van der Waals surface area contributed by atoms with Gasteiger partial charge in [-0.3, -0.25) is 4.79 Å². The van der Waals surface area contributed by atoms with Crippen molar-refractivity contribution in [3.05, 3.63) is 75.1 Å². The Labute approximate surface area is 185 Å². The number of methoxy groups -OCH3 is 2. The van der Waals surface area contributed by atoms with Crippen LogP contribution in [-0.4, -0.2) is 24.2 Å². The van der Waals surface area contributed by atoms with Gasteiger partial charge in [-0.25, -0.2) is 4.98 Å². The number of nitrogens with zero attached hydrogens (tertiary/aromatic N) is 1. The average molecular weight is 435 g/mol. The lowest BCUT2D eigenvalue weighted by Gasteiger charge is -2.19. The van der Waals surface area contributed by atoms with Crippen LogP contribution in [0.4, 0.5) is 0 Å². The molecule has 31 heavy (non-hydrogen) atoms. The maximum absolute atomic E-state index is 13.0. The number of hydrogen-bond acceptors (Lipinski definition) is 5. The second kappa shape index (κ2) is 8.19. The first-order chi connectivity index (χ1) is 14.8. The Morgan fingerprint density at radius 1 is 1.00 bits per heavy atom. The van der Waals surface area contributed by atoms with Crippen LogP contribution in [0.1, 0.15) is 37.7 Å². The molecule has 0 atom stereocenters. The van der Waals surface area contributed by atoms with Crippen LogP contribution in [-0.2, 0) is 11.8 Å². The maximum Gasteiger partial charge on any atom is 0.260 e. The Hall–Kier alpha value is -3.12. The zero-order chi connectivity index (χ0) is 22.2. The highest BCUT2D eigenvalue weighted by Gasteiger charge is 2.16. The summed E-state index contributed by atoms with van der Waals surface area (Å²) >= 11 is 1.50. The van der Waals surface area contributed by atoms with Gasteiger partial charge in [-0.05, 0) is 34.2 Å². The molecule has 0 fully saturated rings. The van der Waals surface area contributed by atoms with Gasteiger partial charge in [-0.1, -0.05) is 51.1 Å². The minimum atomic E-state index is -0.114. The predicted molar refractivity (Wildman–Crippen MR) is 127 cm³/mol. The van der Waals surface area contributed by atoms with Gasteiger partial charge in [0.25, 0.3) is 5.56 Å². The summed E-state index contributed by atoms with van der Waals surface area (Å²) in [6, 6.07) is 14.1. The summed E-state index contributed by atoms with van der Waals surface area (Å²) in [6.07, 6.45) is 0.499. The summed E-state index contributed by atoms with van der Waals surface area (Å²) in [5.41, 5.74) is 4.17. The second-order valence-electron chi connectivity index (χ2n) is 8.54. The molecular formula is C25H26N2O3S. The Morgan fingerprint density at radius 3 is 2.35 bits per heavy atom. The SMILES string of the molecule is COc1ccc(Cc2nc3scc(-c4ccc(C(C)(C)C)cc4)c3c(=O)[nH]2)cc1OC. The zero-order valence-corrected chi connectivity index (χ0v) is 19.2. The van der Waals surface area contributed by atoms with E-state index in [9.17, 15) is 4.79 Å². The first kappa shape index (κ1) is 21.1. The highest BCUT2D eigenvalue weighted by molar-refractivity contribution is 7.17. The van der Waals surface area contributed by atoms with Crippen molar-refractivity contribution in [1.29, 1.82) is 0 Å². The van der Waals surface area contributed by atoms with E-state index in [-0.39, 0.29) is 11.0 Å². The summed E-state index contributed by atoms with van der Waals surface area (Å²) in [4.78, 5) is 21.4. The van der Waals surface area contributed by atoms with Crippen molar-refractivity contribution >= 4 is 21.6 Å². The lowest BCUT2D eigenvalue weighted by molar-refractivity contribution is 0.354. The number of H-pyrrole nitrogens is 1. The molecule has 5 nitrogen and oxygen atoms in total. The van der Waals surface area contributed by atoms with Crippen molar-refractivity contribution < 1.29 is 9.47 Å². The minimum Gasteiger partial charge on any atom is -0.493 e. The first-order valence-corrected chi connectivity index (χ1v) is 11.0. The molecule has 0 aliphatic carbocycles. The summed E-state index contributed by atoms with van der Waals surface area (Å²) in [5.74, 6) is 1.95. The quantitative estimate of drug-likeness (QED) is 0.447. The normalized spacial score (nSPS) is 11.6. The molecule has 0 saturated heterocycles. The summed E-state index contributed by atoms with van der Waals surface area (Å²) in [6.45, 7) is 6.57. The number of fused-ring (bicyclic) bond motifs is 1. The maximum atomic E-state index is 13.0. The molecule has 2 aromatic heterocycles. The number of thiophene rings is 1. The highest BCUT2D eigenvalue weighted by Crippen LogP contribution is 2.33. The average Bonchev–Trinajstić information content (AvgIpc) is 3.17. The fraction of sp³-hybridized carbons (Fsp3) is 0.280. The van der Waals surface area contributed by atoms with E-state index in [1.165, 1.54) is 16.9 Å². The molecule has 0 aliphatic rings. The number of aromatic nitrogens is 2. The molecule has 0 aliphatic heterocycles. The summed E-state index contributed by atoms with van der Waals surface area (Å²) < 4.78 is 10.7. The van der Waals surface area contributed by atoms with Crippen LogP contribution in [0.5, 0.6) is 11.5 Å². The Morgan fingerprint density at radius 2 is 1.71 bits per heavy atom. The monoisotopic (exact) mass is 434 g/mol. The van der Waals surface area contributed by atoms with Crippen LogP contribution >= 0.6 is 11.3 Å². The van der Waals surface area contributed by atoms with Crippen LogP contribution in [0, 0.1) is 0 Å². The van der Waals surface area contributed by atoms with Gasteiger partial charge in [0, 0.05) is 17.4 Å². The number of hydrogen-bond donors (Lipinski definition) is 1.